The molecule has 1 unspecified atom stereocenters. The number of carboxylic acids is 2. The highest BCUT2D eigenvalue weighted by Gasteiger charge is 2.39. The van der Waals surface area contributed by atoms with E-state index < -0.39 is 127 Å². The number of halogens is 3. The molecule has 0 radical (unpaired) electrons. The van der Waals surface area contributed by atoms with Crippen molar-refractivity contribution in [3.63, 3.8) is 0 Å². The quantitative estimate of drug-likeness (QED) is 0.0731. The second kappa shape index (κ2) is 23.6. The lowest BCUT2D eigenvalue weighted by Crippen LogP contribution is -2.62. The van der Waals surface area contributed by atoms with Gasteiger partial charge >= 0.3 is 23.7 Å². The Kier molecular flexibility index (Phi) is 19.6. The molecule has 2 rings (SSSR count). The summed E-state index contributed by atoms with van der Waals surface area (Å²) in [4.78, 5) is 128. The van der Waals surface area contributed by atoms with Gasteiger partial charge in [0.15, 0.2) is 0 Å². The molecule has 1 heterocycles. The fourth-order valence-corrected chi connectivity index (χ4v) is 6.00. The zero-order chi connectivity index (χ0) is 47.8. The van der Waals surface area contributed by atoms with E-state index in [0.29, 0.717) is 11.1 Å². The molecule has 0 fully saturated rings. The Balaban J connectivity index is 2.49. The maximum atomic E-state index is 14.2. The van der Waals surface area contributed by atoms with Gasteiger partial charge < -0.3 is 51.3 Å². The predicted octanol–water partition coefficient (Wildman–Crippen LogP) is 1.30. The lowest BCUT2D eigenvalue weighted by atomic mass is 9.85. The smallest absolute Gasteiger partial charge is 0.391 e. The summed E-state index contributed by atoms with van der Waals surface area (Å²) in [5, 5.41) is 32.8. The molecule has 0 bridgehead atoms. The SMILES string of the molecule is Cc1ccccc1C[C@H](NC(=O)[C@H](CCC(=O)O)NC(=O)[C@H](CC(=O)O)NC(=O)c1ccc(=O)oc1)C(=O)N[C@H](C(=O)N[C@@H](CC(C)C)C(=O)NC(C=O)CC(F)(F)F)C(C)(C)C. The molecule has 0 aliphatic rings. The van der Waals surface area contributed by atoms with Crippen molar-refractivity contribution >= 4 is 53.7 Å². The van der Waals surface area contributed by atoms with Crippen molar-refractivity contribution in [1.82, 2.24) is 31.9 Å². The van der Waals surface area contributed by atoms with E-state index in [0.717, 1.165) is 18.4 Å². The number of aliphatic carboxylic acids is 2. The number of hydrogen-bond donors (Lipinski definition) is 8. The molecule has 63 heavy (non-hydrogen) atoms. The molecule has 346 valence electrons. The molecule has 19 nitrogen and oxygen atoms in total. The number of alkyl halides is 3. The van der Waals surface area contributed by atoms with E-state index in [1.165, 1.54) is 0 Å². The Labute approximate surface area is 359 Å². The van der Waals surface area contributed by atoms with E-state index in [2.05, 4.69) is 31.0 Å². The van der Waals surface area contributed by atoms with Crippen LogP contribution in [0, 0.1) is 18.3 Å². The average Bonchev–Trinajstić information content (AvgIpc) is 3.16. The molecule has 6 atom stereocenters. The zero-order valence-electron chi connectivity index (χ0n) is 35.4. The number of carbonyl (C=O) groups is 9. The Morgan fingerprint density at radius 3 is 1.83 bits per heavy atom. The first-order valence-corrected chi connectivity index (χ1v) is 19.6. The lowest BCUT2D eigenvalue weighted by Gasteiger charge is -2.34. The van der Waals surface area contributed by atoms with Crippen molar-refractivity contribution in [1.29, 1.82) is 0 Å². The van der Waals surface area contributed by atoms with Crippen LogP contribution >= 0.6 is 0 Å². The van der Waals surface area contributed by atoms with Gasteiger partial charge in [-0.3, -0.25) is 38.4 Å². The first kappa shape index (κ1) is 52.5. The van der Waals surface area contributed by atoms with Gasteiger partial charge in [0.25, 0.3) is 5.91 Å². The molecule has 0 aliphatic heterocycles. The van der Waals surface area contributed by atoms with Crippen molar-refractivity contribution in [3.8, 4) is 0 Å². The van der Waals surface area contributed by atoms with E-state index >= 15 is 0 Å². The molecular formula is C41H53F3N6O13. The van der Waals surface area contributed by atoms with E-state index in [1.54, 1.807) is 65.8 Å². The molecule has 2 aromatic rings. The number of rotatable bonds is 23. The number of hydrogen-bond acceptors (Lipinski definition) is 11. The molecule has 1 aromatic heterocycles. The summed E-state index contributed by atoms with van der Waals surface area (Å²) in [6.07, 6.45) is -8.42. The Morgan fingerprint density at radius 2 is 1.30 bits per heavy atom. The molecule has 0 saturated carbocycles. The van der Waals surface area contributed by atoms with Crippen LogP contribution in [0.25, 0.3) is 0 Å². The van der Waals surface area contributed by atoms with Crippen LogP contribution in [-0.4, -0.2) is 106 Å². The fraction of sp³-hybridized carbons (Fsp3) is 0.512. The van der Waals surface area contributed by atoms with Gasteiger partial charge in [-0.15, -0.1) is 0 Å². The highest BCUT2D eigenvalue weighted by Crippen LogP contribution is 2.23. The molecule has 0 spiro atoms. The van der Waals surface area contributed by atoms with Crippen LogP contribution in [0.5, 0.6) is 0 Å². The number of carbonyl (C=O) groups excluding carboxylic acids is 7. The number of nitrogens with one attached hydrogen (secondary N) is 6. The van der Waals surface area contributed by atoms with Crippen molar-refractivity contribution in [3.05, 3.63) is 69.8 Å². The molecule has 8 N–H and O–H groups in total. The first-order valence-electron chi connectivity index (χ1n) is 19.6. The van der Waals surface area contributed by atoms with Gasteiger partial charge in [-0.25, -0.2) is 4.79 Å². The summed E-state index contributed by atoms with van der Waals surface area (Å²) in [7, 11) is 0. The standard InChI is InChI=1S/C41H53F3N6O13/c1-21(2)15-27(36(59)45-25(19-51)18-41(42,43)44)49-39(62)33(40(4,5)6)50-38(61)28(16-23-10-8-7-9-22(23)3)48-35(58)26(12-13-30(52)53)46-37(60)29(17-31(54)55)47-34(57)24-11-14-32(56)63-20-24/h7-11,14,19-21,25-29,33H,12-13,15-18H2,1-6H3,(H,45,59)(H,46,60)(H,47,57)(H,48,58)(H,49,62)(H,50,61)(H,52,53)(H,54,55)/t25?,26-,27-,28-,29-,33+/m0/s1. The Hall–Kier alpha value is -6.61. The van der Waals surface area contributed by atoms with E-state index in [4.69, 9.17) is 0 Å². The normalized spacial score (nSPS) is 14.4. The minimum atomic E-state index is -4.80. The van der Waals surface area contributed by atoms with Gasteiger partial charge in [0.1, 0.15) is 42.8 Å². The molecule has 22 heteroatoms. The van der Waals surface area contributed by atoms with E-state index in [1.807, 2.05) is 5.32 Å². The topological polar surface area (TPSA) is 296 Å². The first-order chi connectivity index (χ1) is 29.2. The molecule has 0 aliphatic carbocycles. The minimum Gasteiger partial charge on any atom is -0.481 e. The summed E-state index contributed by atoms with van der Waals surface area (Å²) in [5.74, 6) is -9.68. The second-order valence-electron chi connectivity index (χ2n) is 16.2. The number of amides is 6. The van der Waals surface area contributed by atoms with E-state index in [9.17, 15) is 71.3 Å². The third kappa shape index (κ3) is 18.5. The summed E-state index contributed by atoms with van der Waals surface area (Å²) >= 11 is 0. The molecule has 1 aromatic carbocycles. The van der Waals surface area contributed by atoms with Gasteiger partial charge in [0.05, 0.1) is 24.4 Å². The third-order valence-electron chi connectivity index (χ3n) is 9.26. The highest BCUT2D eigenvalue weighted by molar-refractivity contribution is 6.00. The third-order valence-corrected chi connectivity index (χ3v) is 9.26. The zero-order valence-corrected chi connectivity index (χ0v) is 35.4. The summed E-state index contributed by atoms with van der Waals surface area (Å²) < 4.78 is 43.8. The summed E-state index contributed by atoms with van der Waals surface area (Å²) in [6, 6.07) is -1.43. The molecule has 6 amide bonds. The van der Waals surface area contributed by atoms with Crippen LogP contribution in [0.1, 0.15) is 88.2 Å². The van der Waals surface area contributed by atoms with Crippen LogP contribution in [0.15, 0.2) is 51.9 Å². The largest absolute Gasteiger partial charge is 0.481 e. The molecular weight excluding hydrogens is 841 g/mol. The summed E-state index contributed by atoms with van der Waals surface area (Å²) in [6.45, 7) is 9.69. The van der Waals surface area contributed by atoms with Crippen LogP contribution < -0.4 is 37.5 Å². The average molecular weight is 895 g/mol. The van der Waals surface area contributed by atoms with Gasteiger partial charge in [0.2, 0.25) is 29.5 Å². The van der Waals surface area contributed by atoms with Crippen molar-refractivity contribution in [2.24, 2.45) is 11.3 Å². The van der Waals surface area contributed by atoms with Crippen LogP contribution in [0.3, 0.4) is 0 Å². The van der Waals surface area contributed by atoms with Gasteiger partial charge in [-0.1, -0.05) is 58.9 Å². The van der Waals surface area contributed by atoms with Crippen LogP contribution in [0.4, 0.5) is 13.2 Å². The summed E-state index contributed by atoms with van der Waals surface area (Å²) in [5.41, 5.74) is -1.02. The lowest BCUT2D eigenvalue weighted by molar-refractivity contribution is -0.147. The van der Waals surface area contributed by atoms with Crippen LogP contribution in [0.2, 0.25) is 0 Å². The number of aryl methyl sites for hydroxylation is 1. The highest BCUT2D eigenvalue weighted by atomic mass is 19.4. The van der Waals surface area contributed by atoms with Gasteiger partial charge in [-0.05, 0) is 48.3 Å². The van der Waals surface area contributed by atoms with Crippen molar-refractivity contribution < 1.29 is 71.0 Å². The predicted molar refractivity (Wildman–Crippen MR) is 216 cm³/mol. The number of aldehydes is 1. The maximum absolute atomic E-state index is 14.2. The number of benzene rings is 1. The van der Waals surface area contributed by atoms with E-state index in [-0.39, 0.29) is 30.6 Å². The minimum absolute atomic E-state index is 0.0839. The van der Waals surface area contributed by atoms with Gasteiger partial charge in [-0.2, -0.15) is 13.2 Å². The maximum Gasteiger partial charge on any atom is 0.391 e. The fourth-order valence-electron chi connectivity index (χ4n) is 6.00. The second-order valence-corrected chi connectivity index (χ2v) is 16.2. The van der Waals surface area contributed by atoms with Crippen molar-refractivity contribution in [2.75, 3.05) is 0 Å². The monoisotopic (exact) mass is 894 g/mol. The Bertz CT molecular complexity index is 2030. The van der Waals surface area contributed by atoms with Crippen LogP contribution in [-0.2, 0) is 44.8 Å². The molecule has 0 saturated heterocycles. The Morgan fingerprint density at radius 1 is 0.730 bits per heavy atom. The number of carboxylic acid groups (broad SMARTS) is 2. The van der Waals surface area contributed by atoms with Crippen molar-refractivity contribution in [2.45, 2.75) is 122 Å². The van der Waals surface area contributed by atoms with Gasteiger partial charge in [0, 0.05) is 18.9 Å².